The van der Waals surface area contributed by atoms with E-state index in [1.807, 2.05) is 58.4 Å². The van der Waals surface area contributed by atoms with E-state index in [-0.39, 0.29) is 6.04 Å². The maximum Gasteiger partial charge on any atom is 0.200 e. The number of hydrogen-bond donors (Lipinski definition) is 1. The monoisotopic (exact) mass is 457 g/mol. The van der Waals surface area contributed by atoms with Crippen molar-refractivity contribution in [3.05, 3.63) is 74.7 Å². The van der Waals surface area contributed by atoms with Crippen molar-refractivity contribution in [2.45, 2.75) is 33.4 Å². The highest BCUT2D eigenvalue weighted by atomic mass is 79.9. The van der Waals surface area contributed by atoms with Crippen LogP contribution in [0.15, 0.2) is 47.2 Å². The SMILES string of the molecule is Cc1nn(C(C)c2n[nH]c(=S)n2-c2cnn(Cc3ccccc3)c2)c(C)c1Br. The summed E-state index contributed by atoms with van der Waals surface area (Å²) in [6, 6.07) is 10.1. The molecule has 0 aliphatic heterocycles. The van der Waals surface area contributed by atoms with Crippen LogP contribution in [0.3, 0.4) is 0 Å². The normalized spacial score (nSPS) is 12.4. The highest BCUT2D eigenvalue weighted by Crippen LogP contribution is 2.26. The van der Waals surface area contributed by atoms with E-state index < -0.39 is 0 Å². The highest BCUT2D eigenvalue weighted by Gasteiger charge is 2.22. The largest absolute Gasteiger partial charge is 0.267 e. The van der Waals surface area contributed by atoms with Crippen molar-refractivity contribution in [2.24, 2.45) is 0 Å². The second-order valence-electron chi connectivity index (χ2n) is 6.71. The molecule has 0 saturated heterocycles. The summed E-state index contributed by atoms with van der Waals surface area (Å²) in [6.45, 7) is 6.76. The Kier molecular flexibility index (Phi) is 5.03. The number of rotatable bonds is 5. The number of aromatic amines is 1. The van der Waals surface area contributed by atoms with Gasteiger partial charge >= 0.3 is 0 Å². The van der Waals surface area contributed by atoms with E-state index in [1.165, 1.54) is 5.56 Å². The van der Waals surface area contributed by atoms with Crippen molar-refractivity contribution in [1.82, 2.24) is 34.3 Å². The Labute approximate surface area is 176 Å². The van der Waals surface area contributed by atoms with Crippen LogP contribution in [-0.2, 0) is 6.54 Å². The minimum absolute atomic E-state index is 0.101. The van der Waals surface area contributed by atoms with E-state index >= 15 is 0 Å². The van der Waals surface area contributed by atoms with Crippen LogP contribution in [0.1, 0.15) is 35.7 Å². The number of hydrogen-bond acceptors (Lipinski definition) is 4. The third kappa shape index (κ3) is 3.35. The number of nitrogens with zero attached hydrogens (tertiary/aromatic N) is 6. The van der Waals surface area contributed by atoms with E-state index in [0.29, 0.717) is 11.3 Å². The van der Waals surface area contributed by atoms with Gasteiger partial charge in [-0.3, -0.25) is 19.0 Å². The third-order valence-corrected chi connectivity index (χ3v) is 6.16. The molecule has 1 N–H and O–H groups in total. The van der Waals surface area contributed by atoms with Crippen LogP contribution >= 0.6 is 28.1 Å². The molecular formula is C19H20BrN7S. The summed E-state index contributed by atoms with van der Waals surface area (Å²) in [6.07, 6.45) is 3.78. The van der Waals surface area contributed by atoms with E-state index in [4.69, 9.17) is 12.2 Å². The molecule has 144 valence electrons. The van der Waals surface area contributed by atoms with Gasteiger partial charge in [-0.05, 0) is 54.5 Å². The van der Waals surface area contributed by atoms with Crippen molar-refractivity contribution < 1.29 is 0 Å². The van der Waals surface area contributed by atoms with Crippen LogP contribution in [-0.4, -0.2) is 34.3 Å². The van der Waals surface area contributed by atoms with Gasteiger partial charge in [-0.25, -0.2) is 0 Å². The first-order chi connectivity index (χ1) is 13.5. The molecule has 1 atom stereocenters. The topological polar surface area (TPSA) is 69.2 Å². The quantitative estimate of drug-likeness (QED) is 0.452. The van der Waals surface area contributed by atoms with Gasteiger partial charge in [0.25, 0.3) is 0 Å². The van der Waals surface area contributed by atoms with Crippen LogP contribution in [0, 0.1) is 18.6 Å². The molecule has 7 nitrogen and oxygen atoms in total. The second-order valence-corrected chi connectivity index (χ2v) is 7.89. The zero-order chi connectivity index (χ0) is 19.8. The lowest BCUT2D eigenvalue weighted by atomic mass is 10.2. The Balaban J connectivity index is 1.69. The molecule has 0 aliphatic rings. The fourth-order valence-electron chi connectivity index (χ4n) is 3.29. The summed E-state index contributed by atoms with van der Waals surface area (Å²) in [5.74, 6) is 0.780. The molecule has 0 saturated carbocycles. The summed E-state index contributed by atoms with van der Waals surface area (Å²) in [7, 11) is 0. The van der Waals surface area contributed by atoms with Gasteiger partial charge in [0.2, 0.25) is 0 Å². The van der Waals surface area contributed by atoms with Crippen LogP contribution in [0.25, 0.3) is 5.69 Å². The minimum Gasteiger partial charge on any atom is -0.267 e. The number of aromatic nitrogens is 7. The zero-order valence-electron chi connectivity index (χ0n) is 15.8. The van der Waals surface area contributed by atoms with Gasteiger partial charge in [-0.15, -0.1) is 0 Å². The summed E-state index contributed by atoms with van der Waals surface area (Å²) >= 11 is 9.09. The minimum atomic E-state index is -0.101. The predicted octanol–water partition coefficient (Wildman–Crippen LogP) is 4.36. The first-order valence-corrected chi connectivity index (χ1v) is 10.1. The van der Waals surface area contributed by atoms with Crippen molar-refractivity contribution in [1.29, 1.82) is 0 Å². The molecule has 4 aromatic rings. The maximum absolute atomic E-state index is 5.50. The predicted molar refractivity (Wildman–Crippen MR) is 113 cm³/mol. The standard InChI is InChI=1S/C19H20BrN7S/c1-12-17(20)13(2)27(24-12)14(3)18-22-23-19(28)26(18)16-9-21-25(11-16)10-15-7-5-4-6-8-15/h4-9,11,14H,10H2,1-3H3,(H,23,28). The fraction of sp³-hybridized carbons (Fsp3) is 0.263. The van der Waals surface area contributed by atoms with Gasteiger partial charge in [0.05, 0.1) is 34.3 Å². The summed E-state index contributed by atoms with van der Waals surface area (Å²) in [4.78, 5) is 0. The molecule has 1 unspecified atom stereocenters. The lowest BCUT2D eigenvalue weighted by molar-refractivity contribution is 0.512. The summed E-state index contributed by atoms with van der Waals surface area (Å²) in [5.41, 5.74) is 4.05. The van der Waals surface area contributed by atoms with E-state index in [1.54, 1.807) is 0 Å². The van der Waals surface area contributed by atoms with Gasteiger partial charge in [0, 0.05) is 6.20 Å². The number of aryl methyl sites for hydroxylation is 1. The third-order valence-electron chi connectivity index (χ3n) is 4.74. The van der Waals surface area contributed by atoms with Gasteiger partial charge in [0.15, 0.2) is 10.6 Å². The van der Waals surface area contributed by atoms with E-state index in [0.717, 1.165) is 27.4 Å². The molecule has 0 spiro atoms. The molecule has 0 fully saturated rings. The van der Waals surface area contributed by atoms with Crippen molar-refractivity contribution in [3.8, 4) is 5.69 Å². The molecular weight excluding hydrogens is 438 g/mol. The first-order valence-electron chi connectivity index (χ1n) is 8.91. The Hall–Kier alpha value is -2.52. The maximum atomic E-state index is 5.50. The summed E-state index contributed by atoms with van der Waals surface area (Å²) in [5, 5.41) is 16.5. The molecule has 28 heavy (non-hydrogen) atoms. The van der Waals surface area contributed by atoms with Crippen molar-refractivity contribution in [3.63, 3.8) is 0 Å². The Morgan fingerprint density at radius 1 is 1.21 bits per heavy atom. The molecule has 3 aromatic heterocycles. The molecule has 3 heterocycles. The molecule has 9 heteroatoms. The van der Waals surface area contributed by atoms with Crippen LogP contribution in [0.5, 0.6) is 0 Å². The zero-order valence-corrected chi connectivity index (χ0v) is 18.2. The Morgan fingerprint density at radius 2 is 1.96 bits per heavy atom. The molecule has 4 rings (SSSR count). The molecule has 0 bridgehead atoms. The average molecular weight is 458 g/mol. The number of benzene rings is 1. The molecule has 0 aliphatic carbocycles. The van der Waals surface area contributed by atoms with Crippen molar-refractivity contribution in [2.75, 3.05) is 0 Å². The van der Waals surface area contributed by atoms with Crippen LogP contribution < -0.4 is 0 Å². The van der Waals surface area contributed by atoms with Gasteiger partial charge in [-0.2, -0.15) is 15.3 Å². The molecule has 0 radical (unpaired) electrons. The first kappa shape index (κ1) is 18.8. The van der Waals surface area contributed by atoms with Gasteiger partial charge in [-0.1, -0.05) is 30.3 Å². The Morgan fingerprint density at radius 3 is 2.64 bits per heavy atom. The van der Waals surface area contributed by atoms with E-state index in [2.05, 4.69) is 55.4 Å². The number of nitrogens with one attached hydrogen (secondary N) is 1. The van der Waals surface area contributed by atoms with Gasteiger partial charge < -0.3 is 0 Å². The molecule has 1 aromatic carbocycles. The van der Waals surface area contributed by atoms with E-state index in [9.17, 15) is 0 Å². The fourth-order valence-corrected chi connectivity index (χ4v) is 3.80. The van der Waals surface area contributed by atoms with Crippen molar-refractivity contribution >= 4 is 28.1 Å². The van der Waals surface area contributed by atoms with Crippen LogP contribution in [0.2, 0.25) is 0 Å². The van der Waals surface area contributed by atoms with Gasteiger partial charge in [0.1, 0.15) is 6.04 Å². The Bertz CT molecular complexity index is 1170. The number of H-pyrrole nitrogens is 1. The lowest BCUT2D eigenvalue weighted by Crippen LogP contribution is -2.15. The highest BCUT2D eigenvalue weighted by molar-refractivity contribution is 9.10. The van der Waals surface area contributed by atoms with Crippen LogP contribution in [0.4, 0.5) is 0 Å². The second kappa shape index (κ2) is 7.48. The summed E-state index contributed by atoms with van der Waals surface area (Å²) < 4.78 is 7.31. The smallest absolute Gasteiger partial charge is 0.200 e. The lowest BCUT2D eigenvalue weighted by Gasteiger charge is -2.14. The average Bonchev–Trinajstić information content (AvgIpc) is 3.37. The number of halogens is 1. The molecule has 0 amide bonds.